The van der Waals surface area contributed by atoms with E-state index in [0.29, 0.717) is 18.0 Å². The minimum absolute atomic E-state index is 0.572. The summed E-state index contributed by atoms with van der Waals surface area (Å²) in [4.78, 5) is 0. The summed E-state index contributed by atoms with van der Waals surface area (Å²) in [6.07, 6.45) is 0.815. The van der Waals surface area contributed by atoms with Gasteiger partial charge in [-0.3, -0.25) is 0 Å². The van der Waals surface area contributed by atoms with Crippen LogP contribution in [0, 0.1) is 0 Å². The zero-order valence-corrected chi connectivity index (χ0v) is 11.8. The van der Waals surface area contributed by atoms with E-state index < -0.39 is 0 Å². The summed E-state index contributed by atoms with van der Waals surface area (Å²) in [7, 11) is 3.27. The van der Waals surface area contributed by atoms with Crippen LogP contribution in [0.5, 0.6) is 17.2 Å². The SMILES string of the molecule is COc1ccc(CCOc2ccc(OC)cc2N)cc1. The predicted octanol–water partition coefficient (Wildman–Crippen LogP) is 2.91. The van der Waals surface area contributed by atoms with Crippen LogP contribution in [0.25, 0.3) is 0 Å². The number of nitrogens with two attached hydrogens (primary N) is 1. The van der Waals surface area contributed by atoms with Gasteiger partial charge < -0.3 is 19.9 Å². The normalized spacial score (nSPS) is 10.1. The lowest BCUT2D eigenvalue weighted by Gasteiger charge is -2.10. The summed E-state index contributed by atoms with van der Waals surface area (Å²) in [6.45, 7) is 0.572. The monoisotopic (exact) mass is 273 g/mol. The van der Waals surface area contributed by atoms with Gasteiger partial charge in [-0.1, -0.05) is 12.1 Å². The highest BCUT2D eigenvalue weighted by molar-refractivity contribution is 5.56. The molecule has 0 bridgehead atoms. The van der Waals surface area contributed by atoms with Gasteiger partial charge in [0.1, 0.15) is 17.2 Å². The fourth-order valence-electron chi connectivity index (χ4n) is 1.86. The Morgan fingerprint density at radius 2 is 1.55 bits per heavy atom. The predicted molar refractivity (Wildman–Crippen MR) is 79.6 cm³/mol. The first kappa shape index (κ1) is 14.1. The van der Waals surface area contributed by atoms with Gasteiger partial charge in [-0.05, 0) is 29.8 Å². The van der Waals surface area contributed by atoms with Crippen molar-refractivity contribution < 1.29 is 14.2 Å². The second-order valence-electron chi connectivity index (χ2n) is 4.35. The molecule has 0 spiro atoms. The van der Waals surface area contributed by atoms with Crippen LogP contribution in [-0.2, 0) is 6.42 Å². The van der Waals surface area contributed by atoms with E-state index in [2.05, 4.69) is 0 Å². The van der Waals surface area contributed by atoms with E-state index in [4.69, 9.17) is 19.9 Å². The molecule has 0 aromatic heterocycles. The molecule has 2 rings (SSSR count). The molecule has 0 fully saturated rings. The van der Waals surface area contributed by atoms with Gasteiger partial charge in [0.15, 0.2) is 0 Å². The summed E-state index contributed by atoms with van der Waals surface area (Å²) in [6, 6.07) is 13.3. The Labute approximate surface area is 119 Å². The standard InChI is InChI=1S/C16H19NO3/c1-18-13-5-3-12(4-6-13)9-10-20-16-8-7-14(19-2)11-15(16)17/h3-8,11H,9-10,17H2,1-2H3. The fourth-order valence-corrected chi connectivity index (χ4v) is 1.86. The van der Waals surface area contributed by atoms with Crippen LogP contribution >= 0.6 is 0 Å². The highest BCUT2D eigenvalue weighted by Crippen LogP contribution is 2.26. The molecule has 0 radical (unpaired) electrons. The molecule has 0 saturated carbocycles. The zero-order valence-electron chi connectivity index (χ0n) is 11.8. The molecule has 4 heteroatoms. The minimum Gasteiger partial charge on any atom is -0.497 e. The number of hydrogen-bond acceptors (Lipinski definition) is 4. The lowest BCUT2D eigenvalue weighted by Crippen LogP contribution is -2.03. The van der Waals surface area contributed by atoms with Crippen molar-refractivity contribution >= 4 is 5.69 Å². The molecule has 0 amide bonds. The van der Waals surface area contributed by atoms with E-state index in [0.717, 1.165) is 17.9 Å². The zero-order chi connectivity index (χ0) is 14.4. The Kier molecular flexibility index (Phi) is 4.71. The molecule has 0 unspecified atom stereocenters. The maximum atomic E-state index is 5.89. The van der Waals surface area contributed by atoms with Crippen molar-refractivity contribution in [3.05, 3.63) is 48.0 Å². The largest absolute Gasteiger partial charge is 0.497 e. The smallest absolute Gasteiger partial charge is 0.142 e. The molecule has 0 atom stereocenters. The maximum Gasteiger partial charge on any atom is 0.142 e. The van der Waals surface area contributed by atoms with Crippen LogP contribution in [0.2, 0.25) is 0 Å². The van der Waals surface area contributed by atoms with Crippen molar-refractivity contribution in [3.8, 4) is 17.2 Å². The van der Waals surface area contributed by atoms with Crippen molar-refractivity contribution in [2.45, 2.75) is 6.42 Å². The molecule has 0 aliphatic heterocycles. The van der Waals surface area contributed by atoms with E-state index >= 15 is 0 Å². The van der Waals surface area contributed by atoms with Gasteiger partial charge >= 0.3 is 0 Å². The van der Waals surface area contributed by atoms with Crippen LogP contribution in [0.15, 0.2) is 42.5 Å². The number of ether oxygens (including phenoxy) is 3. The van der Waals surface area contributed by atoms with E-state index in [1.807, 2.05) is 36.4 Å². The van der Waals surface area contributed by atoms with Gasteiger partial charge in [-0.2, -0.15) is 0 Å². The van der Waals surface area contributed by atoms with Gasteiger partial charge in [-0.25, -0.2) is 0 Å². The number of nitrogen functional groups attached to an aromatic ring is 1. The first-order valence-electron chi connectivity index (χ1n) is 6.42. The second-order valence-corrected chi connectivity index (χ2v) is 4.35. The van der Waals surface area contributed by atoms with Gasteiger partial charge in [-0.15, -0.1) is 0 Å². The molecule has 106 valence electrons. The molecule has 0 heterocycles. The molecule has 0 aliphatic rings. The molecule has 2 aromatic carbocycles. The van der Waals surface area contributed by atoms with Gasteiger partial charge in [0.2, 0.25) is 0 Å². The summed E-state index contributed by atoms with van der Waals surface area (Å²) in [5.74, 6) is 2.26. The van der Waals surface area contributed by atoms with E-state index in [-0.39, 0.29) is 0 Å². The molecule has 20 heavy (non-hydrogen) atoms. The first-order valence-corrected chi connectivity index (χ1v) is 6.42. The fraction of sp³-hybridized carbons (Fsp3) is 0.250. The van der Waals surface area contributed by atoms with Crippen molar-refractivity contribution in [1.82, 2.24) is 0 Å². The average Bonchev–Trinajstić information content (AvgIpc) is 2.49. The van der Waals surface area contributed by atoms with Crippen LogP contribution in [0.3, 0.4) is 0 Å². The molecular weight excluding hydrogens is 254 g/mol. The molecule has 0 aliphatic carbocycles. The number of hydrogen-bond donors (Lipinski definition) is 1. The maximum absolute atomic E-state index is 5.89. The number of methoxy groups -OCH3 is 2. The van der Waals surface area contributed by atoms with E-state index in [1.54, 1.807) is 20.3 Å². The van der Waals surface area contributed by atoms with E-state index in [1.165, 1.54) is 5.56 Å². The Morgan fingerprint density at radius 1 is 0.900 bits per heavy atom. The lowest BCUT2D eigenvalue weighted by atomic mass is 10.1. The lowest BCUT2D eigenvalue weighted by molar-refractivity contribution is 0.322. The Morgan fingerprint density at radius 3 is 2.15 bits per heavy atom. The summed E-state index contributed by atoms with van der Waals surface area (Å²) < 4.78 is 15.9. The van der Waals surface area contributed by atoms with Crippen LogP contribution in [0.1, 0.15) is 5.56 Å². The number of benzene rings is 2. The van der Waals surface area contributed by atoms with Crippen molar-refractivity contribution in [2.75, 3.05) is 26.6 Å². The third kappa shape index (κ3) is 3.57. The quantitative estimate of drug-likeness (QED) is 0.822. The minimum atomic E-state index is 0.572. The molecule has 4 nitrogen and oxygen atoms in total. The average molecular weight is 273 g/mol. The number of rotatable bonds is 6. The van der Waals surface area contributed by atoms with Crippen molar-refractivity contribution in [1.29, 1.82) is 0 Å². The van der Waals surface area contributed by atoms with Gasteiger partial charge in [0, 0.05) is 12.5 Å². The molecule has 2 aromatic rings. The summed E-state index contributed by atoms with van der Waals surface area (Å²) in [5.41, 5.74) is 7.67. The van der Waals surface area contributed by atoms with Gasteiger partial charge in [0.05, 0.1) is 26.5 Å². The summed E-state index contributed by atoms with van der Waals surface area (Å²) >= 11 is 0. The van der Waals surface area contributed by atoms with Gasteiger partial charge in [0.25, 0.3) is 0 Å². The van der Waals surface area contributed by atoms with Crippen LogP contribution in [-0.4, -0.2) is 20.8 Å². The Balaban J connectivity index is 1.88. The number of anilines is 1. The topological polar surface area (TPSA) is 53.7 Å². The van der Waals surface area contributed by atoms with Crippen molar-refractivity contribution in [3.63, 3.8) is 0 Å². The van der Waals surface area contributed by atoms with Crippen molar-refractivity contribution in [2.24, 2.45) is 0 Å². The van der Waals surface area contributed by atoms with Crippen LogP contribution < -0.4 is 19.9 Å². The molecule has 2 N–H and O–H groups in total. The highest BCUT2D eigenvalue weighted by atomic mass is 16.5. The second kappa shape index (κ2) is 6.70. The molecule has 0 saturated heterocycles. The van der Waals surface area contributed by atoms with Crippen LogP contribution in [0.4, 0.5) is 5.69 Å². The summed E-state index contributed by atoms with van der Waals surface area (Å²) in [5, 5.41) is 0. The first-order chi connectivity index (χ1) is 9.72. The highest BCUT2D eigenvalue weighted by Gasteiger charge is 2.02. The molecular formula is C16H19NO3. The third-order valence-electron chi connectivity index (χ3n) is 3.02. The Bertz CT molecular complexity index is 552. The Hall–Kier alpha value is -2.36. The van der Waals surface area contributed by atoms with E-state index in [9.17, 15) is 0 Å². The third-order valence-corrected chi connectivity index (χ3v) is 3.02.